The zero-order valence-corrected chi connectivity index (χ0v) is 6.96. The Morgan fingerprint density at radius 1 is 1.67 bits per heavy atom. The first-order chi connectivity index (χ1) is 4.14. The fourth-order valence-electron chi connectivity index (χ4n) is 0.565. The molecule has 54 valence electrons. The van der Waals surface area contributed by atoms with Gasteiger partial charge in [-0.3, -0.25) is 0 Å². The molecule has 0 aromatic rings. The van der Waals surface area contributed by atoms with Gasteiger partial charge in [-0.1, -0.05) is 6.92 Å². The fourth-order valence-corrected chi connectivity index (χ4v) is 2.90. The van der Waals surface area contributed by atoms with Crippen LogP contribution in [0.25, 0.3) is 0 Å². The Labute approximate surface area is 59.9 Å². The van der Waals surface area contributed by atoms with Crippen LogP contribution < -0.4 is 0 Å². The molecule has 0 bridgehead atoms. The van der Waals surface area contributed by atoms with Gasteiger partial charge in [-0.25, -0.2) is 8.42 Å². The highest BCUT2D eigenvalue weighted by atomic mass is 32.2. The van der Waals surface area contributed by atoms with Crippen LogP contribution >= 0.6 is 11.8 Å². The summed E-state index contributed by atoms with van der Waals surface area (Å²) < 4.78 is 21.7. The second kappa shape index (κ2) is 2.50. The van der Waals surface area contributed by atoms with E-state index in [1.54, 1.807) is 18.7 Å². The molecule has 0 aliphatic carbocycles. The largest absolute Gasteiger partial charge is 0.229 e. The van der Waals surface area contributed by atoms with E-state index in [-0.39, 0.29) is 0 Å². The van der Waals surface area contributed by atoms with Crippen molar-refractivity contribution in [1.82, 2.24) is 0 Å². The molecule has 0 amide bonds. The van der Waals surface area contributed by atoms with Crippen LogP contribution in [0.15, 0.2) is 0 Å². The van der Waals surface area contributed by atoms with E-state index in [1.807, 2.05) is 0 Å². The molecule has 0 N–H and O–H groups in total. The predicted molar refractivity (Wildman–Crippen MR) is 40.6 cm³/mol. The van der Waals surface area contributed by atoms with Crippen LogP contribution in [0.2, 0.25) is 0 Å². The number of hydrogen-bond donors (Lipinski definition) is 0. The van der Waals surface area contributed by atoms with E-state index >= 15 is 0 Å². The quantitative estimate of drug-likeness (QED) is 0.574. The Hall–Kier alpha value is 0.300. The van der Waals surface area contributed by atoms with Crippen molar-refractivity contribution in [2.24, 2.45) is 0 Å². The Balaban J connectivity index is 2.40. The van der Waals surface area contributed by atoms with E-state index in [4.69, 9.17) is 0 Å². The summed E-state index contributed by atoms with van der Waals surface area (Å²) in [4.78, 5) is 0. The Morgan fingerprint density at radius 2 is 2.22 bits per heavy atom. The predicted octanol–water partition coefficient (Wildman–Crippen LogP) is 0.537. The number of hydrogen-bond acceptors (Lipinski definition) is 3. The number of sulfone groups is 1. The maximum Gasteiger partial charge on any atom is 0.151 e. The third-order valence-electron chi connectivity index (χ3n) is 1.28. The summed E-state index contributed by atoms with van der Waals surface area (Å²) >= 11 is 1.73. The molecule has 9 heavy (non-hydrogen) atoms. The van der Waals surface area contributed by atoms with Gasteiger partial charge >= 0.3 is 0 Å². The minimum absolute atomic E-state index is 0.296. The van der Waals surface area contributed by atoms with E-state index < -0.39 is 9.84 Å². The van der Waals surface area contributed by atoms with Crippen molar-refractivity contribution in [3.8, 4) is 0 Å². The molecule has 1 aliphatic rings. The first-order valence-electron chi connectivity index (χ1n) is 2.96. The molecule has 1 unspecified atom stereocenters. The molecule has 1 atom stereocenters. The van der Waals surface area contributed by atoms with Crippen molar-refractivity contribution in [2.45, 2.75) is 12.2 Å². The van der Waals surface area contributed by atoms with E-state index in [9.17, 15) is 8.42 Å². The van der Waals surface area contributed by atoms with E-state index in [1.165, 1.54) is 0 Å². The van der Waals surface area contributed by atoms with Gasteiger partial charge in [0.25, 0.3) is 0 Å². The molecule has 0 aromatic carbocycles. The van der Waals surface area contributed by atoms with Crippen LogP contribution in [0.4, 0.5) is 0 Å². The van der Waals surface area contributed by atoms with Crippen LogP contribution in [0.1, 0.15) is 6.92 Å². The van der Waals surface area contributed by atoms with Gasteiger partial charge in [0.05, 0.1) is 5.75 Å². The Kier molecular flexibility index (Phi) is 2.06. The molecule has 1 rings (SSSR count). The monoisotopic (exact) mass is 166 g/mol. The average molecular weight is 166 g/mol. The molecular formula is C5H10O2S2. The molecule has 1 heterocycles. The molecule has 0 saturated carbocycles. The van der Waals surface area contributed by atoms with Gasteiger partial charge in [-0.15, -0.1) is 0 Å². The molecule has 0 aromatic heterocycles. The van der Waals surface area contributed by atoms with Gasteiger partial charge in [0, 0.05) is 16.8 Å². The van der Waals surface area contributed by atoms with Crippen molar-refractivity contribution in [2.75, 3.05) is 17.3 Å². The van der Waals surface area contributed by atoms with Crippen LogP contribution in [0.5, 0.6) is 0 Å². The molecule has 1 saturated heterocycles. The lowest BCUT2D eigenvalue weighted by Gasteiger charge is -1.94. The topological polar surface area (TPSA) is 34.1 Å². The molecule has 1 aliphatic heterocycles. The third kappa shape index (κ3) is 2.58. The van der Waals surface area contributed by atoms with Crippen LogP contribution in [-0.2, 0) is 9.84 Å². The van der Waals surface area contributed by atoms with Crippen molar-refractivity contribution in [1.29, 1.82) is 0 Å². The van der Waals surface area contributed by atoms with Crippen LogP contribution in [0, 0.1) is 0 Å². The highest BCUT2D eigenvalue weighted by Gasteiger charge is 2.27. The Morgan fingerprint density at radius 3 is 2.56 bits per heavy atom. The number of thioether (sulfide) groups is 1. The minimum Gasteiger partial charge on any atom is -0.229 e. The molecule has 0 spiro atoms. The third-order valence-corrected chi connectivity index (χ3v) is 4.25. The SMILES string of the molecule is CCS(=O)(=O)CC1CS1. The zero-order chi connectivity index (χ0) is 6.91. The lowest BCUT2D eigenvalue weighted by Crippen LogP contribution is -2.12. The smallest absolute Gasteiger partial charge is 0.151 e. The standard InChI is InChI=1S/C5H10O2S2/c1-2-9(6,7)4-5-3-8-5/h5H,2-4H2,1H3. The highest BCUT2D eigenvalue weighted by Crippen LogP contribution is 2.31. The van der Waals surface area contributed by atoms with Gasteiger partial charge in [0.15, 0.2) is 9.84 Å². The molecule has 0 radical (unpaired) electrons. The second-order valence-corrected chi connectivity index (χ2v) is 5.89. The summed E-state index contributed by atoms with van der Waals surface area (Å²) in [7, 11) is -2.68. The summed E-state index contributed by atoms with van der Waals surface area (Å²) in [6.45, 7) is 1.70. The fraction of sp³-hybridized carbons (Fsp3) is 1.00. The van der Waals surface area contributed by atoms with Gasteiger partial charge < -0.3 is 0 Å². The summed E-state index contributed by atoms with van der Waals surface area (Å²) in [5.74, 6) is 1.73. The molecule has 2 nitrogen and oxygen atoms in total. The van der Waals surface area contributed by atoms with Gasteiger partial charge in [0.2, 0.25) is 0 Å². The van der Waals surface area contributed by atoms with Gasteiger partial charge in [-0.05, 0) is 0 Å². The van der Waals surface area contributed by atoms with E-state index in [0.717, 1.165) is 5.75 Å². The van der Waals surface area contributed by atoms with Crippen LogP contribution in [0.3, 0.4) is 0 Å². The lowest BCUT2D eigenvalue weighted by atomic mass is 10.6. The van der Waals surface area contributed by atoms with Gasteiger partial charge in [0.1, 0.15) is 0 Å². The maximum atomic E-state index is 10.8. The van der Waals surface area contributed by atoms with Crippen molar-refractivity contribution >= 4 is 21.6 Å². The average Bonchev–Trinajstić information content (AvgIpc) is 2.50. The van der Waals surface area contributed by atoms with Crippen LogP contribution in [-0.4, -0.2) is 30.9 Å². The normalized spacial score (nSPS) is 26.1. The van der Waals surface area contributed by atoms with Crippen molar-refractivity contribution in [3.05, 3.63) is 0 Å². The molecular weight excluding hydrogens is 156 g/mol. The second-order valence-electron chi connectivity index (χ2n) is 2.15. The van der Waals surface area contributed by atoms with Crippen molar-refractivity contribution in [3.63, 3.8) is 0 Å². The van der Waals surface area contributed by atoms with Gasteiger partial charge in [-0.2, -0.15) is 11.8 Å². The zero-order valence-electron chi connectivity index (χ0n) is 5.33. The first kappa shape index (κ1) is 7.41. The lowest BCUT2D eigenvalue weighted by molar-refractivity contribution is 0.597. The summed E-state index contributed by atoms with van der Waals surface area (Å²) in [5.41, 5.74) is 0. The molecule has 1 fully saturated rings. The number of rotatable bonds is 3. The summed E-state index contributed by atoms with van der Waals surface area (Å²) in [5, 5.41) is 0.426. The first-order valence-corrected chi connectivity index (χ1v) is 5.83. The van der Waals surface area contributed by atoms with E-state index in [2.05, 4.69) is 0 Å². The highest BCUT2D eigenvalue weighted by molar-refractivity contribution is 8.08. The minimum atomic E-state index is -2.68. The Bertz CT molecular complexity index is 179. The summed E-state index contributed by atoms with van der Waals surface area (Å²) in [6.07, 6.45) is 0. The molecule has 4 heteroatoms. The summed E-state index contributed by atoms with van der Waals surface area (Å²) in [6, 6.07) is 0. The van der Waals surface area contributed by atoms with Crippen molar-refractivity contribution < 1.29 is 8.42 Å². The maximum absolute atomic E-state index is 10.8. The van der Waals surface area contributed by atoms with E-state index in [0.29, 0.717) is 16.8 Å².